The van der Waals surface area contributed by atoms with Gasteiger partial charge in [0.05, 0.1) is 6.61 Å². The molecule has 5 N–H and O–H groups in total. The number of benzene rings is 1. The van der Waals surface area contributed by atoms with Crippen LogP contribution in [0.2, 0.25) is 5.02 Å². The highest BCUT2D eigenvalue weighted by Crippen LogP contribution is 2.26. The van der Waals surface area contributed by atoms with Crippen molar-refractivity contribution in [1.82, 2.24) is 20.1 Å². The summed E-state index contributed by atoms with van der Waals surface area (Å²) in [5, 5.41) is 7.56. The molecule has 10 heteroatoms. The number of amides is 1. The lowest BCUT2D eigenvalue weighted by Gasteiger charge is -2.46. The Morgan fingerprint density at radius 2 is 2.00 bits per heavy atom. The summed E-state index contributed by atoms with van der Waals surface area (Å²) in [6.07, 6.45) is 2.15. The van der Waals surface area contributed by atoms with E-state index in [2.05, 4.69) is 25.0 Å². The maximum Gasteiger partial charge on any atom is 0.247 e. The molecule has 2 fully saturated rings. The highest BCUT2D eigenvalue weighted by atomic mass is 35.5. The quantitative estimate of drug-likeness (QED) is 0.654. The van der Waals surface area contributed by atoms with Crippen LogP contribution in [0.3, 0.4) is 0 Å². The van der Waals surface area contributed by atoms with Crippen molar-refractivity contribution in [1.29, 1.82) is 0 Å². The number of aromatic nitrogens is 3. The summed E-state index contributed by atoms with van der Waals surface area (Å²) < 4.78 is 5.77. The third kappa shape index (κ3) is 4.63. The van der Waals surface area contributed by atoms with Crippen molar-refractivity contribution in [3.8, 4) is 0 Å². The van der Waals surface area contributed by atoms with Crippen LogP contribution in [0.4, 0.5) is 11.9 Å². The molecule has 2 aromatic rings. The first-order valence-corrected chi connectivity index (χ1v) is 10.2. The number of carbonyl (C=O) groups is 1. The van der Waals surface area contributed by atoms with E-state index in [1.807, 2.05) is 24.3 Å². The van der Waals surface area contributed by atoms with Crippen LogP contribution in [0, 0.1) is 0 Å². The highest BCUT2D eigenvalue weighted by molar-refractivity contribution is 6.30. The first-order chi connectivity index (χ1) is 14.0. The van der Waals surface area contributed by atoms with Crippen LogP contribution in [0.25, 0.3) is 0 Å². The van der Waals surface area contributed by atoms with Gasteiger partial charge in [-0.05, 0) is 37.0 Å². The number of aromatic amines is 1. The largest absolute Gasteiger partial charge is 0.368 e. The van der Waals surface area contributed by atoms with E-state index in [4.69, 9.17) is 27.8 Å². The van der Waals surface area contributed by atoms with Crippen LogP contribution in [0.1, 0.15) is 18.4 Å². The predicted molar refractivity (Wildman–Crippen MR) is 111 cm³/mol. The molecule has 2 saturated heterocycles. The van der Waals surface area contributed by atoms with Crippen molar-refractivity contribution in [2.24, 2.45) is 5.73 Å². The van der Waals surface area contributed by atoms with Gasteiger partial charge in [-0.2, -0.15) is 4.98 Å². The molecule has 9 nitrogen and oxygen atoms in total. The van der Waals surface area contributed by atoms with Gasteiger partial charge in [0.25, 0.3) is 0 Å². The molecule has 1 aromatic carbocycles. The first kappa shape index (κ1) is 19.9. The zero-order valence-corrected chi connectivity index (χ0v) is 16.9. The summed E-state index contributed by atoms with van der Waals surface area (Å²) in [5.41, 5.74) is 12.4. The van der Waals surface area contributed by atoms with Crippen LogP contribution in [0.15, 0.2) is 24.3 Å². The zero-order valence-electron chi connectivity index (χ0n) is 16.1. The number of nitrogen functional groups attached to an aromatic ring is 1. The number of hydrogen-bond donors (Lipinski definition) is 3. The molecule has 0 bridgehead atoms. The SMILES string of the molecule is NC(=O)[C@@H]1CN(C2CCN(c3n[nH]c(N)n3)CC2)[C@@H](Cc2ccc(Cl)cc2)CO1. The van der Waals surface area contributed by atoms with Gasteiger partial charge >= 0.3 is 0 Å². The summed E-state index contributed by atoms with van der Waals surface area (Å²) in [7, 11) is 0. The van der Waals surface area contributed by atoms with E-state index >= 15 is 0 Å². The highest BCUT2D eigenvalue weighted by Gasteiger charge is 2.37. The van der Waals surface area contributed by atoms with Crippen molar-refractivity contribution in [2.75, 3.05) is 36.9 Å². The lowest BCUT2D eigenvalue weighted by Crippen LogP contribution is -2.59. The number of H-pyrrole nitrogens is 1. The molecule has 2 aliphatic heterocycles. The molecule has 2 atom stereocenters. The van der Waals surface area contributed by atoms with E-state index in [9.17, 15) is 4.79 Å². The third-order valence-corrected chi connectivity index (χ3v) is 6.00. The lowest BCUT2D eigenvalue weighted by molar-refractivity contribution is -0.141. The minimum Gasteiger partial charge on any atom is -0.368 e. The summed E-state index contributed by atoms with van der Waals surface area (Å²) in [5.74, 6) is 0.548. The first-order valence-electron chi connectivity index (χ1n) is 9.83. The van der Waals surface area contributed by atoms with E-state index in [-0.39, 0.29) is 6.04 Å². The Labute approximate surface area is 174 Å². The summed E-state index contributed by atoms with van der Waals surface area (Å²) >= 11 is 6.01. The predicted octanol–water partition coefficient (Wildman–Crippen LogP) is 0.807. The minimum absolute atomic E-state index is 0.183. The molecule has 0 saturated carbocycles. The van der Waals surface area contributed by atoms with Gasteiger partial charge in [0, 0.05) is 36.7 Å². The molecule has 29 heavy (non-hydrogen) atoms. The molecule has 0 unspecified atom stereocenters. The third-order valence-electron chi connectivity index (χ3n) is 5.74. The monoisotopic (exact) mass is 419 g/mol. The number of halogens is 1. The molecular formula is C19H26ClN7O2. The number of morpholine rings is 1. The zero-order chi connectivity index (χ0) is 20.4. The second kappa shape index (κ2) is 8.56. The lowest BCUT2D eigenvalue weighted by atomic mass is 9.96. The molecule has 1 amide bonds. The molecule has 0 spiro atoms. The van der Waals surface area contributed by atoms with E-state index in [0.29, 0.717) is 31.1 Å². The Morgan fingerprint density at radius 3 is 2.62 bits per heavy atom. The molecule has 3 heterocycles. The van der Waals surface area contributed by atoms with Crippen molar-refractivity contribution < 1.29 is 9.53 Å². The number of nitrogens with one attached hydrogen (secondary N) is 1. The topological polar surface area (TPSA) is 126 Å². The maximum atomic E-state index is 11.7. The molecule has 0 radical (unpaired) electrons. The van der Waals surface area contributed by atoms with E-state index in [0.717, 1.165) is 37.4 Å². The van der Waals surface area contributed by atoms with E-state index < -0.39 is 12.0 Å². The van der Waals surface area contributed by atoms with Gasteiger partial charge in [0.15, 0.2) is 0 Å². The molecule has 1 aromatic heterocycles. The Balaban J connectivity index is 1.44. The van der Waals surface area contributed by atoms with Gasteiger partial charge in [-0.25, -0.2) is 5.10 Å². The molecular weight excluding hydrogens is 394 g/mol. The molecule has 0 aliphatic carbocycles. The average molecular weight is 420 g/mol. The summed E-state index contributed by atoms with van der Waals surface area (Å²) in [6, 6.07) is 8.40. The van der Waals surface area contributed by atoms with Crippen molar-refractivity contribution >= 4 is 29.4 Å². The Hall–Kier alpha value is -2.36. The number of rotatable bonds is 5. The standard InChI is InChI=1S/C19H26ClN7O2/c20-13-3-1-12(2-4-13)9-15-11-29-16(17(21)28)10-27(15)14-5-7-26(8-6-14)19-23-18(22)24-25-19/h1-4,14-16H,5-11H2,(H2,21,28)(H3,22,23,24,25)/t15-,16-/m0/s1. The van der Waals surface area contributed by atoms with Gasteiger partial charge in [0.1, 0.15) is 6.10 Å². The average Bonchev–Trinajstić information content (AvgIpc) is 3.16. The number of primary amides is 1. The number of nitrogens with two attached hydrogens (primary N) is 2. The number of nitrogens with zero attached hydrogens (tertiary/aromatic N) is 4. The number of piperidine rings is 1. The normalized spacial score (nSPS) is 24.0. The second-order valence-corrected chi connectivity index (χ2v) is 8.08. The second-order valence-electron chi connectivity index (χ2n) is 7.64. The molecule has 2 aliphatic rings. The van der Waals surface area contributed by atoms with Crippen LogP contribution in [-0.2, 0) is 16.0 Å². The Bertz CT molecular complexity index is 835. The smallest absolute Gasteiger partial charge is 0.247 e. The van der Waals surface area contributed by atoms with Gasteiger partial charge in [-0.1, -0.05) is 23.7 Å². The van der Waals surface area contributed by atoms with Crippen LogP contribution in [0.5, 0.6) is 0 Å². The number of ether oxygens (including phenoxy) is 1. The van der Waals surface area contributed by atoms with Gasteiger partial charge in [-0.15, -0.1) is 5.10 Å². The maximum absolute atomic E-state index is 11.7. The van der Waals surface area contributed by atoms with Crippen molar-refractivity contribution in [3.05, 3.63) is 34.9 Å². The number of hydrogen-bond acceptors (Lipinski definition) is 7. The van der Waals surface area contributed by atoms with E-state index in [1.54, 1.807) is 0 Å². The summed E-state index contributed by atoms with van der Waals surface area (Å²) in [4.78, 5) is 20.5. The van der Waals surface area contributed by atoms with Crippen LogP contribution >= 0.6 is 11.6 Å². The van der Waals surface area contributed by atoms with Crippen molar-refractivity contribution in [2.45, 2.75) is 37.5 Å². The fraction of sp³-hybridized carbons (Fsp3) is 0.526. The fourth-order valence-electron chi connectivity index (χ4n) is 4.21. The van der Waals surface area contributed by atoms with Gasteiger partial charge < -0.3 is 21.1 Å². The summed E-state index contributed by atoms with van der Waals surface area (Å²) in [6.45, 7) is 2.65. The fourth-order valence-corrected chi connectivity index (χ4v) is 4.33. The van der Waals surface area contributed by atoms with Crippen molar-refractivity contribution in [3.63, 3.8) is 0 Å². The molecule has 156 valence electrons. The Morgan fingerprint density at radius 1 is 1.28 bits per heavy atom. The van der Waals surface area contributed by atoms with Crippen LogP contribution < -0.4 is 16.4 Å². The minimum atomic E-state index is -0.567. The van der Waals surface area contributed by atoms with Gasteiger partial charge in [0.2, 0.25) is 17.8 Å². The molecule has 4 rings (SSSR count). The van der Waals surface area contributed by atoms with Gasteiger partial charge in [-0.3, -0.25) is 9.69 Å². The van der Waals surface area contributed by atoms with E-state index in [1.165, 1.54) is 5.56 Å². The van der Waals surface area contributed by atoms with Crippen LogP contribution in [-0.4, -0.2) is 70.4 Å². The Kier molecular flexibility index (Phi) is 5.89. The number of anilines is 2. The number of carbonyl (C=O) groups excluding carboxylic acids is 1.